The number of hydrogen-bond donors (Lipinski definition) is 1. The molecule has 0 radical (unpaired) electrons. The summed E-state index contributed by atoms with van der Waals surface area (Å²) in [6.07, 6.45) is 2.07. The first-order valence-electron chi connectivity index (χ1n) is 7.93. The summed E-state index contributed by atoms with van der Waals surface area (Å²) >= 11 is 0. The molecule has 6 nitrogen and oxygen atoms in total. The Balaban J connectivity index is 1.80. The van der Waals surface area contributed by atoms with Crippen LogP contribution in [0.15, 0.2) is 18.2 Å². The van der Waals surface area contributed by atoms with Gasteiger partial charge >= 0.3 is 0 Å². The van der Waals surface area contributed by atoms with Crippen LogP contribution in [0.25, 0.3) is 0 Å². The van der Waals surface area contributed by atoms with Crippen molar-refractivity contribution in [2.24, 2.45) is 0 Å². The van der Waals surface area contributed by atoms with E-state index in [9.17, 15) is 14.0 Å². The molecule has 1 aliphatic rings. The fourth-order valence-electron chi connectivity index (χ4n) is 2.32. The van der Waals surface area contributed by atoms with Gasteiger partial charge in [-0.15, -0.1) is 0 Å². The second kappa shape index (κ2) is 8.10. The summed E-state index contributed by atoms with van der Waals surface area (Å²) in [6, 6.07) is 4.93. The van der Waals surface area contributed by atoms with Crippen LogP contribution in [0.5, 0.6) is 5.75 Å². The van der Waals surface area contributed by atoms with E-state index in [0.717, 1.165) is 12.8 Å². The van der Waals surface area contributed by atoms with E-state index >= 15 is 0 Å². The van der Waals surface area contributed by atoms with Gasteiger partial charge in [0.25, 0.3) is 0 Å². The van der Waals surface area contributed by atoms with E-state index in [1.807, 2.05) is 0 Å². The molecule has 0 atom stereocenters. The van der Waals surface area contributed by atoms with Gasteiger partial charge in [0.15, 0.2) is 11.6 Å². The van der Waals surface area contributed by atoms with E-state index in [-0.39, 0.29) is 30.7 Å². The highest BCUT2D eigenvalue weighted by molar-refractivity contribution is 5.81. The maximum absolute atomic E-state index is 13.7. The zero-order valence-electron chi connectivity index (χ0n) is 14.3. The average molecular weight is 337 g/mol. The molecular weight excluding hydrogens is 313 g/mol. The fourth-order valence-corrected chi connectivity index (χ4v) is 2.32. The second-order valence-electron chi connectivity index (χ2n) is 6.23. The van der Waals surface area contributed by atoms with Gasteiger partial charge in [0.1, 0.15) is 0 Å². The summed E-state index contributed by atoms with van der Waals surface area (Å²) in [5, 5.41) is 2.89. The number of ether oxygens (including phenoxy) is 1. The third-order valence-electron chi connectivity index (χ3n) is 3.82. The van der Waals surface area contributed by atoms with Crippen LogP contribution in [0, 0.1) is 5.82 Å². The number of carbonyl (C=O) groups excluding carboxylic acids is 2. The SMILES string of the molecule is COc1ccc(CN(C)C(=O)CN(C)CC(=O)NC2CC2)cc1F. The van der Waals surface area contributed by atoms with E-state index in [1.165, 1.54) is 24.1 Å². The van der Waals surface area contributed by atoms with Gasteiger partial charge in [-0.2, -0.15) is 0 Å². The molecule has 1 aliphatic carbocycles. The van der Waals surface area contributed by atoms with Gasteiger partial charge in [0.05, 0.1) is 20.2 Å². The molecule has 24 heavy (non-hydrogen) atoms. The molecule has 1 saturated carbocycles. The van der Waals surface area contributed by atoms with Gasteiger partial charge in [0.2, 0.25) is 11.8 Å². The van der Waals surface area contributed by atoms with Gasteiger partial charge in [-0.25, -0.2) is 4.39 Å². The van der Waals surface area contributed by atoms with Gasteiger partial charge in [0, 0.05) is 19.6 Å². The predicted molar refractivity (Wildman–Crippen MR) is 88.1 cm³/mol. The lowest BCUT2D eigenvalue weighted by molar-refractivity contribution is -0.132. The zero-order chi connectivity index (χ0) is 17.7. The third-order valence-corrected chi connectivity index (χ3v) is 3.82. The van der Waals surface area contributed by atoms with Crippen molar-refractivity contribution in [3.05, 3.63) is 29.6 Å². The summed E-state index contributed by atoms with van der Waals surface area (Å²) in [5.41, 5.74) is 0.679. The molecule has 2 rings (SSSR count). The van der Waals surface area contributed by atoms with E-state index in [1.54, 1.807) is 25.1 Å². The van der Waals surface area contributed by atoms with Crippen LogP contribution in [-0.2, 0) is 16.1 Å². The number of nitrogens with one attached hydrogen (secondary N) is 1. The molecule has 0 heterocycles. The summed E-state index contributed by atoms with van der Waals surface area (Å²) < 4.78 is 18.6. The summed E-state index contributed by atoms with van der Waals surface area (Å²) in [4.78, 5) is 27.1. The van der Waals surface area contributed by atoms with Crippen molar-refractivity contribution in [3.8, 4) is 5.75 Å². The monoisotopic (exact) mass is 337 g/mol. The molecule has 1 aromatic rings. The molecule has 0 spiro atoms. The molecule has 0 aliphatic heterocycles. The Kier molecular flexibility index (Phi) is 6.14. The highest BCUT2D eigenvalue weighted by atomic mass is 19.1. The molecule has 1 fully saturated rings. The van der Waals surface area contributed by atoms with Crippen molar-refractivity contribution in [1.82, 2.24) is 15.1 Å². The first-order valence-corrected chi connectivity index (χ1v) is 7.93. The number of rotatable bonds is 8. The van der Waals surface area contributed by atoms with Crippen molar-refractivity contribution >= 4 is 11.8 Å². The maximum Gasteiger partial charge on any atom is 0.236 e. The van der Waals surface area contributed by atoms with Crippen LogP contribution in [-0.4, -0.2) is 62.0 Å². The molecule has 132 valence electrons. The molecule has 7 heteroatoms. The zero-order valence-corrected chi connectivity index (χ0v) is 14.3. The molecule has 2 amide bonds. The Morgan fingerprint density at radius 1 is 1.29 bits per heavy atom. The van der Waals surface area contributed by atoms with E-state index in [4.69, 9.17) is 4.74 Å². The number of benzene rings is 1. The summed E-state index contributed by atoms with van der Waals surface area (Å²) in [7, 11) is 4.79. The number of likely N-dealkylation sites (N-methyl/N-ethyl adjacent to an activating group) is 2. The topological polar surface area (TPSA) is 61.9 Å². The largest absolute Gasteiger partial charge is 0.494 e. The van der Waals surface area contributed by atoms with Crippen molar-refractivity contribution in [2.45, 2.75) is 25.4 Å². The smallest absolute Gasteiger partial charge is 0.236 e. The van der Waals surface area contributed by atoms with Crippen molar-refractivity contribution in [1.29, 1.82) is 0 Å². The first-order chi connectivity index (χ1) is 11.4. The number of amides is 2. The standard InChI is InChI=1S/C17H24FN3O3/c1-20(10-16(22)19-13-5-6-13)11-17(23)21(2)9-12-4-7-15(24-3)14(18)8-12/h4,7-8,13H,5-6,9-11H2,1-3H3,(H,19,22). The van der Waals surface area contributed by atoms with Gasteiger partial charge < -0.3 is 15.0 Å². The quantitative estimate of drug-likeness (QED) is 0.769. The minimum atomic E-state index is -0.454. The normalized spacial score (nSPS) is 13.7. The first kappa shape index (κ1) is 18.2. The third kappa shape index (κ3) is 5.49. The Hall–Kier alpha value is -2.15. The summed E-state index contributed by atoms with van der Waals surface area (Å²) in [6.45, 7) is 0.613. The van der Waals surface area contributed by atoms with Crippen molar-refractivity contribution in [3.63, 3.8) is 0 Å². The van der Waals surface area contributed by atoms with Crippen LogP contribution in [0.3, 0.4) is 0 Å². The highest BCUT2D eigenvalue weighted by Gasteiger charge is 2.24. The van der Waals surface area contributed by atoms with Gasteiger partial charge in [-0.1, -0.05) is 6.07 Å². The Bertz CT molecular complexity index is 605. The molecule has 0 bridgehead atoms. The van der Waals surface area contributed by atoms with Crippen molar-refractivity contribution in [2.75, 3.05) is 34.3 Å². The van der Waals surface area contributed by atoms with Gasteiger partial charge in [-0.05, 0) is 37.6 Å². The van der Waals surface area contributed by atoms with Gasteiger partial charge in [-0.3, -0.25) is 14.5 Å². The second-order valence-corrected chi connectivity index (χ2v) is 6.23. The summed E-state index contributed by atoms with van der Waals surface area (Å²) in [5.74, 6) is -0.473. The van der Waals surface area contributed by atoms with Crippen LogP contribution in [0.1, 0.15) is 18.4 Å². The van der Waals surface area contributed by atoms with Crippen LogP contribution in [0.4, 0.5) is 4.39 Å². The number of nitrogens with zero attached hydrogens (tertiary/aromatic N) is 2. The average Bonchev–Trinajstić information content (AvgIpc) is 3.30. The van der Waals surface area contributed by atoms with E-state index in [2.05, 4.69) is 5.32 Å². The van der Waals surface area contributed by atoms with E-state index < -0.39 is 5.82 Å². The predicted octanol–water partition coefficient (Wildman–Crippen LogP) is 1.00. The van der Waals surface area contributed by atoms with E-state index in [0.29, 0.717) is 18.2 Å². The maximum atomic E-state index is 13.7. The molecular formula is C17H24FN3O3. The number of methoxy groups -OCH3 is 1. The Morgan fingerprint density at radius 3 is 2.58 bits per heavy atom. The molecule has 0 saturated heterocycles. The Labute approximate surface area is 141 Å². The highest BCUT2D eigenvalue weighted by Crippen LogP contribution is 2.19. The van der Waals surface area contributed by atoms with Crippen LogP contribution < -0.4 is 10.1 Å². The van der Waals surface area contributed by atoms with Crippen LogP contribution >= 0.6 is 0 Å². The minimum Gasteiger partial charge on any atom is -0.494 e. The number of carbonyl (C=O) groups is 2. The fraction of sp³-hybridized carbons (Fsp3) is 0.529. The number of halogens is 1. The molecule has 1 N–H and O–H groups in total. The van der Waals surface area contributed by atoms with Crippen LogP contribution in [0.2, 0.25) is 0 Å². The number of hydrogen-bond acceptors (Lipinski definition) is 4. The minimum absolute atomic E-state index is 0.0623. The molecule has 0 aromatic heterocycles. The molecule has 0 unspecified atom stereocenters. The lowest BCUT2D eigenvalue weighted by atomic mass is 10.2. The lowest BCUT2D eigenvalue weighted by Crippen LogP contribution is -2.41. The van der Waals surface area contributed by atoms with Crippen molar-refractivity contribution < 1.29 is 18.7 Å². The lowest BCUT2D eigenvalue weighted by Gasteiger charge is -2.22. The Morgan fingerprint density at radius 2 is 2.00 bits per heavy atom. The molecule has 1 aromatic carbocycles.